The van der Waals surface area contributed by atoms with Gasteiger partial charge in [0, 0.05) is 19.5 Å². The van der Waals surface area contributed by atoms with Gasteiger partial charge in [-0.2, -0.15) is 0 Å². The largest absolute Gasteiger partial charge is 0.363 e. The molecule has 1 atom stereocenters. The van der Waals surface area contributed by atoms with Crippen molar-refractivity contribution in [3.63, 3.8) is 0 Å². The summed E-state index contributed by atoms with van der Waals surface area (Å²) >= 11 is 0. The number of aromatic nitrogens is 1. The van der Waals surface area contributed by atoms with Crippen molar-refractivity contribution in [1.82, 2.24) is 10.3 Å². The van der Waals surface area contributed by atoms with Gasteiger partial charge < -0.3 is 15.5 Å². The van der Waals surface area contributed by atoms with Gasteiger partial charge in [0.05, 0.1) is 11.9 Å². The van der Waals surface area contributed by atoms with Crippen molar-refractivity contribution in [2.45, 2.75) is 51.5 Å². The number of carbonyl (C=O) groups excluding carboxylic acids is 2. The predicted molar refractivity (Wildman–Crippen MR) is 105 cm³/mol. The van der Waals surface area contributed by atoms with Crippen molar-refractivity contribution in [1.29, 1.82) is 0 Å². The molecule has 27 heavy (non-hydrogen) atoms. The van der Waals surface area contributed by atoms with Crippen LogP contribution < -0.4 is 15.5 Å². The molecule has 0 saturated heterocycles. The number of pyridine rings is 1. The smallest absolute Gasteiger partial charge is 0.246 e. The number of amides is 2. The highest BCUT2D eigenvalue weighted by Crippen LogP contribution is 2.60. The van der Waals surface area contributed by atoms with E-state index in [-0.39, 0.29) is 17.2 Å². The normalized spacial score (nSPS) is 32.0. The standard InChI is InChI=1S/C21H30N4O2/c1-13(19(26)24-17-4-5-18(22-12-17)25(2)3)23-20(27)21-9-14-6-15(10-21)8-16(7-14)11-21/h4-5,12-16H,6-11H2,1-3H3,(H,23,27)(H,24,26)/t13-,14?,15?,16?,21?/m1/s1. The molecule has 4 aliphatic rings. The van der Waals surface area contributed by atoms with Crippen LogP contribution in [0.2, 0.25) is 0 Å². The maximum absolute atomic E-state index is 13.1. The Bertz CT molecular complexity index is 693. The summed E-state index contributed by atoms with van der Waals surface area (Å²) in [5.74, 6) is 2.86. The predicted octanol–water partition coefficient (Wildman–Crippen LogP) is 2.81. The van der Waals surface area contributed by atoms with E-state index >= 15 is 0 Å². The van der Waals surface area contributed by atoms with Gasteiger partial charge >= 0.3 is 0 Å². The molecule has 2 N–H and O–H groups in total. The Balaban J connectivity index is 1.36. The van der Waals surface area contributed by atoms with Crippen LogP contribution in [-0.2, 0) is 9.59 Å². The molecule has 6 nitrogen and oxygen atoms in total. The number of hydrogen-bond donors (Lipinski definition) is 2. The van der Waals surface area contributed by atoms with Gasteiger partial charge in [0.1, 0.15) is 11.9 Å². The number of nitrogens with one attached hydrogen (secondary N) is 2. The van der Waals surface area contributed by atoms with Gasteiger partial charge in [-0.3, -0.25) is 9.59 Å². The lowest BCUT2D eigenvalue weighted by atomic mass is 9.49. The summed E-state index contributed by atoms with van der Waals surface area (Å²) in [5.41, 5.74) is 0.416. The average Bonchev–Trinajstić information content (AvgIpc) is 2.60. The summed E-state index contributed by atoms with van der Waals surface area (Å²) in [6.45, 7) is 1.76. The van der Waals surface area contributed by atoms with E-state index in [4.69, 9.17) is 0 Å². The van der Waals surface area contributed by atoms with Gasteiger partial charge in [-0.1, -0.05) is 0 Å². The topological polar surface area (TPSA) is 74.3 Å². The van der Waals surface area contributed by atoms with Crippen LogP contribution in [0, 0.1) is 23.2 Å². The number of carbonyl (C=O) groups is 2. The maximum atomic E-state index is 13.1. The average molecular weight is 370 g/mol. The van der Waals surface area contributed by atoms with Gasteiger partial charge in [0.15, 0.2) is 0 Å². The molecule has 4 fully saturated rings. The SMILES string of the molecule is C[C@@H](NC(=O)C12CC3CC(CC(C3)C1)C2)C(=O)Nc1ccc(N(C)C)nc1. The molecule has 4 saturated carbocycles. The minimum atomic E-state index is -0.556. The maximum Gasteiger partial charge on any atom is 0.246 e. The molecule has 0 unspecified atom stereocenters. The number of rotatable bonds is 5. The molecule has 0 radical (unpaired) electrons. The van der Waals surface area contributed by atoms with Crippen molar-refractivity contribution < 1.29 is 9.59 Å². The Morgan fingerprint density at radius 3 is 2.19 bits per heavy atom. The summed E-state index contributed by atoms with van der Waals surface area (Å²) in [6, 6.07) is 3.13. The second kappa shape index (κ2) is 6.80. The molecular formula is C21H30N4O2. The first-order valence-electron chi connectivity index (χ1n) is 10.1. The zero-order chi connectivity index (χ0) is 19.2. The van der Waals surface area contributed by atoms with Crippen LogP contribution in [0.5, 0.6) is 0 Å². The van der Waals surface area contributed by atoms with Gasteiger partial charge in [-0.15, -0.1) is 0 Å². The van der Waals surface area contributed by atoms with Crippen LogP contribution in [0.4, 0.5) is 11.5 Å². The lowest BCUT2D eigenvalue weighted by Crippen LogP contribution is -2.56. The zero-order valence-electron chi connectivity index (χ0n) is 16.5. The van der Waals surface area contributed by atoms with E-state index < -0.39 is 6.04 Å². The molecule has 5 rings (SSSR count). The monoisotopic (exact) mass is 370 g/mol. The zero-order valence-corrected chi connectivity index (χ0v) is 16.5. The molecule has 1 heterocycles. The third-order valence-electron chi connectivity index (χ3n) is 6.73. The quantitative estimate of drug-likeness (QED) is 0.836. The Hall–Kier alpha value is -2.11. The summed E-state index contributed by atoms with van der Waals surface area (Å²) < 4.78 is 0. The van der Waals surface area contributed by atoms with E-state index in [0.717, 1.165) is 25.1 Å². The first-order valence-corrected chi connectivity index (χ1v) is 10.1. The van der Waals surface area contributed by atoms with Gasteiger partial charge in [-0.25, -0.2) is 4.98 Å². The van der Waals surface area contributed by atoms with Crippen molar-refractivity contribution in [3.8, 4) is 0 Å². The molecule has 4 bridgehead atoms. The van der Waals surface area contributed by atoms with Crippen LogP contribution >= 0.6 is 0 Å². The van der Waals surface area contributed by atoms with E-state index in [1.54, 1.807) is 13.1 Å². The first-order chi connectivity index (χ1) is 12.8. The van der Waals surface area contributed by atoms with Gasteiger partial charge in [0.25, 0.3) is 0 Å². The fraction of sp³-hybridized carbons (Fsp3) is 0.667. The number of hydrogen-bond acceptors (Lipinski definition) is 4. The summed E-state index contributed by atoms with van der Waals surface area (Å²) in [7, 11) is 3.84. The molecule has 2 amide bonds. The van der Waals surface area contributed by atoms with Crippen molar-refractivity contribution >= 4 is 23.3 Å². The first kappa shape index (κ1) is 18.3. The van der Waals surface area contributed by atoms with E-state index in [2.05, 4.69) is 15.6 Å². The number of anilines is 2. The second-order valence-electron chi connectivity index (χ2n) is 9.18. The Kier molecular flexibility index (Phi) is 4.60. The minimum absolute atomic E-state index is 0.0883. The van der Waals surface area contributed by atoms with Crippen molar-refractivity contribution in [2.75, 3.05) is 24.3 Å². The van der Waals surface area contributed by atoms with E-state index in [1.807, 2.05) is 31.1 Å². The highest BCUT2D eigenvalue weighted by Gasteiger charge is 2.54. The summed E-state index contributed by atoms with van der Waals surface area (Å²) in [5, 5.41) is 5.86. The highest BCUT2D eigenvalue weighted by molar-refractivity contribution is 5.97. The summed E-state index contributed by atoms with van der Waals surface area (Å²) in [4.78, 5) is 31.8. The van der Waals surface area contributed by atoms with Crippen LogP contribution in [0.1, 0.15) is 45.4 Å². The third-order valence-corrected chi connectivity index (χ3v) is 6.73. The molecule has 1 aromatic heterocycles. The molecule has 0 aliphatic heterocycles. The fourth-order valence-corrected chi connectivity index (χ4v) is 5.78. The van der Waals surface area contributed by atoms with E-state index in [1.165, 1.54) is 19.3 Å². The molecule has 0 spiro atoms. The van der Waals surface area contributed by atoms with Crippen LogP contribution in [0.25, 0.3) is 0 Å². The summed E-state index contributed by atoms with van der Waals surface area (Å²) in [6.07, 6.45) is 8.58. The lowest BCUT2D eigenvalue weighted by molar-refractivity contribution is -0.147. The molecule has 0 aromatic carbocycles. The Labute approximate surface area is 161 Å². The molecular weight excluding hydrogens is 340 g/mol. The molecule has 4 aliphatic carbocycles. The second-order valence-corrected chi connectivity index (χ2v) is 9.18. The minimum Gasteiger partial charge on any atom is -0.363 e. The van der Waals surface area contributed by atoms with Gasteiger partial charge in [0.2, 0.25) is 11.8 Å². The van der Waals surface area contributed by atoms with Crippen LogP contribution in [0.15, 0.2) is 18.3 Å². The molecule has 1 aromatic rings. The Morgan fingerprint density at radius 1 is 1.11 bits per heavy atom. The van der Waals surface area contributed by atoms with E-state index in [0.29, 0.717) is 23.4 Å². The van der Waals surface area contributed by atoms with Crippen LogP contribution in [-0.4, -0.2) is 36.9 Å². The van der Waals surface area contributed by atoms with Gasteiger partial charge in [-0.05, 0) is 75.3 Å². The number of nitrogens with zero attached hydrogens (tertiary/aromatic N) is 2. The molecule has 146 valence electrons. The molecule has 6 heteroatoms. The highest BCUT2D eigenvalue weighted by atomic mass is 16.2. The van der Waals surface area contributed by atoms with Crippen molar-refractivity contribution in [2.24, 2.45) is 23.2 Å². The van der Waals surface area contributed by atoms with E-state index in [9.17, 15) is 9.59 Å². The Morgan fingerprint density at radius 2 is 1.70 bits per heavy atom. The van der Waals surface area contributed by atoms with Crippen molar-refractivity contribution in [3.05, 3.63) is 18.3 Å². The van der Waals surface area contributed by atoms with Crippen LogP contribution in [0.3, 0.4) is 0 Å². The third kappa shape index (κ3) is 3.54. The fourth-order valence-electron chi connectivity index (χ4n) is 5.78. The lowest BCUT2D eigenvalue weighted by Gasteiger charge is -2.55.